The molecule has 0 radical (unpaired) electrons. The van der Waals surface area contributed by atoms with E-state index in [-0.39, 0.29) is 5.49 Å². The van der Waals surface area contributed by atoms with E-state index in [1.54, 1.807) is 0 Å². The van der Waals surface area contributed by atoms with Gasteiger partial charge in [0, 0.05) is 5.39 Å². The molecule has 5 nitrogen and oxygen atoms in total. The van der Waals surface area contributed by atoms with E-state index in [1.165, 1.54) is 11.8 Å². The molecule has 2 N–H and O–H groups in total. The number of hydrogen-bond donors (Lipinski definition) is 2. The van der Waals surface area contributed by atoms with Crippen molar-refractivity contribution in [3.8, 4) is 0 Å². The average molecular weight is 352 g/mol. The van der Waals surface area contributed by atoms with Crippen LogP contribution in [0.4, 0.5) is 0 Å². The minimum atomic E-state index is -2.04. The second-order valence-electron chi connectivity index (χ2n) is 5.18. The third kappa shape index (κ3) is 4.74. The van der Waals surface area contributed by atoms with Crippen molar-refractivity contribution in [2.75, 3.05) is 5.49 Å². The van der Waals surface area contributed by atoms with E-state index in [0.717, 1.165) is 10.9 Å². The van der Waals surface area contributed by atoms with Gasteiger partial charge in [0.2, 0.25) is 0 Å². The Morgan fingerprint density at radius 2 is 2.04 bits per heavy atom. The molecule has 23 heavy (non-hydrogen) atoms. The van der Waals surface area contributed by atoms with Gasteiger partial charge in [-0.1, -0.05) is 53.9 Å². The van der Waals surface area contributed by atoms with Crippen LogP contribution in [0.15, 0.2) is 41.4 Å². The highest BCUT2D eigenvalue weighted by molar-refractivity contribution is 8.03. The van der Waals surface area contributed by atoms with E-state index >= 15 is 0 Å². The number of aliphatic hydroxyl groups excluding tert-OH is 1. The van der Waals surface area contributed by atoms with Crippen molar-refractivity contribution in [2.24, 2.45) is 5.92 Å². The molecule has 0 spiro atoms. The number of aliphatic hydroxyl groups is 1. The molecule has 0 bridgehead atoms. The zero-order valence-electron chi connectivity index (χ0n) is 12.8. The number of rotatable bonds is 8. The standard InChI is InChI=1S/C16H18NO4PS/c1-2-5-12(15(18)19)16(20)22(21)10-23-14-9-8-11-6-3-4-7-13(11)17-14/h3-4,6-9,12,16,20H,2,5,10H2,1H3/p+1. The van der Waals surface area contributed by atoms with Crippen molar-refractivity contribution in [3.05, 3.63) is 36.4 Å². The van der Waals surface area contributed by atoms with Gasteiger partial charge in [-0.3, -0.25) is 4.79 Å². The first-order valence-corrected chi connectivity index (χ1v) is 9.86. The topological polar surface area (TPSA) is 87.5 Å². The molecule has 0 saturated carbocycles. The van der Waals surface area contributed by atoms with Gasteiger partial charge in [0.1, 0.15) is 10.9 Å². The number of thioether (sulfide) groups is 1. The summed E-state index contributed by atoms with van der Waals surface area (Å²) in [5.74, 6) is -3.40. The van der Waals surface area contributed by atoms with Crippen LogP contribution in [0.25, 0.3) is 10.9 Å². The zero-order valence-corrected chi connectivity index (χ0v) is 14.5. The van der Waals surface area contributed by atoms with Crippen molar-refractivity contribution in [1.82, 2.24) is 4.98 Å². The number of carbonyl (C=O) groups is 1. The van der Waals surface area contributed by atoms with Gasteiger partial charge >= 0.3 is 13.8 Å². The fourth-order valence-corrected chi connectivity index (χ4v) is 4.90. The summed E-state index contributed by atoms with van der Waals surface area (Å²) < 4.78 is 12.2. The lowest BCUT2D eigenvalue weighted by Crippen LogP contribution is -2.25. The van der Waals surface area contributed by atoms with Gasteiger partial charge in [-0.05, 0) is 18.6 Å². The number of hydrogen-bond acceptors (Lipinski definition) is 5. The van der Waals surface area contributed by atoms with Crippen LogP contribution >= 0.6 is 19.6 Å². The molecule has 1 aromatic carbocycles. The second-order valence-corrected chi connectivity index (χ2v) is 8.28. The lowest BCUT2D eigenvalue weighted by atomic mass is 10.1. The summed E-state index contributed by atoms with van der Waals surface area (Å²) in [6.45, 7) is 1.84. The smallest absolute Gasteiger partial charge is 0.382 e. The lowest BCUT2D eigenvalue weighted by molar-refractivity contribution is -0.144. The molecule has 0 fully saturated rings. The number of carboxylic acid groups (broad SMARTS) is 1. The number of benzene rings is 1. The number of carboxylic acids is 1. The van der Waals surface area contributed by atoms with E-state index in [2.05, 4.69) is 4.98 Å². The first-order valence-electron chi connectivity index (χ1n) is 7.36. The SMILES string of the molecule is CCCC(C(=O)O)C(O)[P+](=O)CSc1ccc2ccccc2n1. The Hall–Kier alpha value is -1.49. The molecule has 0 aliphatic rings. The minimum Gasteiger partial charge on any atom is -0.481 e. The highest BCUT2D eigenvalue weighted by atomic mass is 32.2. The Labute approximate surface area is 139 Å². The van der Waals surface area contributed by atoms with Gasteiger partial charge in [-0.25, -0.2) is 4.98 Å². The Kier molecular flexibility index (Phi) is 6.51. The lowest BCUT2D eigenvalue weighted by Gasteiger charge is -2.10. The van der Waals surface area contributed by atoms with Crippen molar-refractivity contribution < 1.29 is 19.6 Å². The summed E-state index contributed by atoms with van der Waals surface area (Å²) in [7, 11) is -2.04. The molecule has 122 valence electrons. The maximum absolute atomic E-state index is 12.2. The Morgan fingerprint density at radius 1 is 1.30 bits per heavy atom. The quantitative estimate of drug-likeness (QED) is 0.553. The number of para-hydroxylation sites is 1. The zero-order chi connectivity index (χ0) is 16.8. The first kappa shape index (κ1) is 17.9. The van der Waals surface area contributed by atoms with Crippen molar-refractivity contribution >= 4 is 36.4 Å². The van der Waals surface area contributed by atoms with Crippen LogP contribution in [0.2, 0.25) is 0 Å². The van der Waals surface area contributed by atoms with E-state index in [4.69, 9.17) is 5.11 Å². The molecule has 3 unspecified atom stereocenters. The predicted molar refractivity (Wildman–Crippen MR) is 92.1 cm³/mol. The second kappa shape index (κ2) is 8.39. The highest BCUT2D eigenvalue weighted by Crippen LogP contribution is 2.39. The monoisotopic (exact) mass is 352 g/mol. The molecular weight excluding hydrogens is 333 g/mol. The van der Waals surface area contributed by atoms with Crippen LogP contribution in [-0.4, -0.2) is 32.5 Å². The van der Waals surface area contributed by atoms with Gasteiger partial charge in [0.05, 0.1) is 5.52 Å². The van der Waals surface area contributed by atoms with Crippen molar-refractivity contribution in [2.45, 2.75) is 30.6 Å². The van der Waals surface area contributed by atoms with E-state index in [1.807, 2.05) is 43.3 Å². The van der Waals surface area contributed by atoms with Gasteiger partial charge in [-0.15, -0.1) is 0 Å². The van der Waals surface area contributed by atoms with Crippen LogP contribution in [0, 0.1) is 5.92 Å². The maximum atomic E-state index is 12.2. The third-order valence-electron chi connectivity index (χ3n) is 3.48. The summed E-state index contributed by atoms with van der Waals surface area (Å²) in [5, 5.41) is 20.9. The average Bonchev–Trinajstić information content (AvgIpc) is 2.56. The molecule has 1 aromatic heterocycles. The van der Waals surface area contributed by atoms with Crippen LogP contribution < -0.4 is 0 Å². The van der Waals surface area contributed by atoms with E-state index in [9.17, 15) is 14.5 Å². The number of nitrogens with zero attached hydrogens (tertiary/aromatic N) is 1. The molecule has 2 rings (SSSR count). The Bertz CT molecular complexity index is 709. The van der Waals surface area contributed by atoms with E-state index in [0.29, 0.717) is 17.9 Å². The van der Waals surface area contributed by atoms with Gasteiger partial charge in [-0.2, -0.15) is 0 Å². The summed E-state index contributed by atoms with van der Waals surface area (Å²) in [5.41, 5.74) is 0.998. The predicted octanol–water partition coefficient (Wildman–Crippen LogP) is 3.93. The molecule has 2 aromatic rings. The highest BCUT2D eigenvalue weighted by Gasteiger charge is 2.39. The molecule has 3 atom stereocenters. The molecule has 0 aliphatic heterocycles. The van der Waals surface area contributed by atoms with Crippen LogP contribution in [-0.2, 0) is 9.36 Å². The molecule has 0 saturated heterocycles. The largest absolute Gasteiger partial charge is 0.481 e. The molecule has 1 heterocycles. The first-order chi connectivity index (χ1) is 11.0. The number of aromatic nitrogens is 1. The van der Waals surface area contributed by atoms with Crippen LogP contribution in [0.3, 0.4) is 0 Å². The third-order valence-corrected chi connectivity index (χ3v) is 6.49. The Balaban J connectivity index is 2.00. The summed E-state index contributed by atoms with van der Waals surface area (Å²) in [6.07, 6.45) is 0.938. The molecule has 0 amide bonds. The van der Waals surface area contributed by atoms with E-state index < -0.39 is 25.5 Å². The fourth-order valence-electron chi connectivity index (χ4n) is 2.25. The summed E-state index contributed by atoms with van der Waals surface area (Å²) in [6, 6.07) is 11.5. The minimum absolute atomic E-state index is 0.148. The normalized spacial score (nSPS) is 14.4. The number of fused-ring (bicyclic) bond motifs is 1. The van der Waals surface area contributed by atoms with Gasteiger partial charge in [0.15, 0.2) is 5.49 Å². The van der Waals surface area contributed by atoms with Crippen LogP contribution in [0.1, 0.15) is 19.8 Å². The summed E-state index contributed by atoms with van der Waals surface area (Å²) >= 11 is 1.27. The molecule has 7 heteroatoms. The van der Waals surface area contributed by atoms with Crippen molar-refractivity contribution in [3.63, 3.8) is 0 Å². The molecular formula is C16H19NO4PS+. The Morgan fingerprint density at radius 3 is 2.74 bits per heavy atom. The van der Waals surface area contributed by atoms with Crippen molar-refractivity contribution in [1.29, 1.82) is 0 Å². The van der Waals surface area contributed by atoms with Gasteiger partial charge < -0.3 is 10.2 Å². The number of aliphatic carboxylic acids is 1. The summed E-state index contributed by atoms with van der Waals surface area (Å²) in [4.78, 5) is 15.6. The fraction of sp³-hybridized carbons (Fsp3) is 0.375. The number of pyridine rings is 1. The van der Waals surface area contributed by atoms with Crippen LogP contribution in [0.5, 0.6) is 0 Å². The molecule has 0 aliphatic carbocycles. The maximum Gasteiger partial charge on any atom is 0.382 e. The van der Waals surface area contributed by atoms with Gasteiger partial charge in [0.25, 0.3) is 5.85 Å².